The van der Waals surface area contributed by atoms with Crippen molar-refractivity contribution in [1.82, 2.24) is 4.90 Å². The van der Waals surface area contributed by atoms with Crippen molar-refractivity contribution < 1.29 is 14.3 Å². The number of rotatable bonds is 2. The van der Waals surface area contributed by atoms with Gasteiger partial charge in [0.2, 0.25) is 0 Å². The van der Waals surface area contributed by atoms with Gasteiger partial charge >= 0.3 is 5.97 Å². The lowest BCUT2D eigenvalue weighted by molar-refractivity contribution is -0.132. The number of ketones is 1. The number of carbonyl (C=O) groups is 2. The van der Waals surface area contributed by atoms with Gasteiger partial charge in [-0.05, 0) is 50.0 Å². The summed E-state index contributed by atoms with van der Waals surface area (Å²) in [7, 11) is 2.15. The molecule has 0 amide bonds. The standard InChI is InChI=1S/C18H23NO3/c1-13(20)22-17-5-3-4-14(10-17)18-8-9-19(2)12-15(18)6-7-16(21)11-18/h3-5,10,15H,6-9,11-12H2,1-2H3/t15-,18-/m1/s1. The van der Waals surface area contributed by atoms with Crippen molar-refractivity contribution in [3.05, 3.63) is 29.8 Å². The summed E-state index contributed by atoms with van der Waals surface area (Å²) in [5, 5.41) is 0. The van der Waals surface area contributed by atoms with Crippen LogP contribution in [0.1, 0.15) is 38.2 Å². The van der Waals surface area contributed by atoms with E-state index in [1.807, 2.05) is 12.1 Å². The van der Waals surface area contributed by atoms with Gasteiger partial charge in [-0.3, -0.25) is 9.59 Å². The molecule has 0 N–H and O–H groups in total. The van der Waals surface area contributed by atoms with Gasteiger partial charge in [-0.25, -0.2) is 0 Å². The number of benzene rings is 1. The number of ether oxygens (including phenoxy) is 1. The van der Waals surface area contributed by atoms with Gasteiger partial charge in [0.05, 0.1) is 0 Å². The normalized spacial score (nSPS) is 29.0. The smallest absolute Gasteiger partial charge is 0.308 e. The fourth-order valence-electron chi connectivity index (χ4n) is 4.13. The topological polar surface area (TPSA) is 46.6 Å². The van der Waals surface area contributed by atoms with E-state index in [0.717, 1.165) is 31.5 Å². The summed E-state index contributed by atoms with van der Waals surface area (Å²) in [6.07, 6.45) is 3.27. The van der Waals surface area contributed by atoms with E-state index in [2.05, 4.69) is 18.0 Å². The molecule has 4 nitrogen and oxygen atoms in total. The molecule has 1 heterocycles. The van der Waals surface area contributed by atoms with Crippen LogP contribution in [-0.4, -0.2) is 36.8 Å². The second-order valence-electron chi connectivity index (χ2n) is 6.74. The number of likely N-dealkylation sites (tertiary alicyclic amines) is 1. The van der Waals surface area contributed by atoms with Crippen LogP contribution in [0, 0.1) is 5.92 Å². The van der Waals surface area contributed by atoms with E-state index < -0.39 is 0 Å². The van der Waals surface area contributed by atoms with E-state index in [4.69, 9.17) is 4.74 Å². The summed E-state index contributed by atoms with van der Waals surface area (Å²) < 4.78 is 5.24. The molecule has 1 aromatic rings. The third kappa shape index (κ3) is 2.80. The van der Waals surface area contributed by atoms with Crippen molar-refractivity contribution >= 4 is 11.8 Å². The molecule has 1 saturated heterocycles. The number of Topliss-reactive ketones (excluding diaryl/α,β-unsaturated/α-hetero) is 1. The van der Waals surface area contributed by atoms with Crippen LogP contribution in [0.5, 0.6) is 5.75 Å². The molecule has 0 bridgehead atoms. The maximum absolute atomic E-state index is 12.1. The van der Waals surface area contributed by atoms with Crippen LogP contribution in [0.4, 0.5) is 0 Å². The molecule has 2 aliphatic rings. The third-order valence-corrected chi connectivity index (χ3v) is 5.21. The second-order valence-corrected chi connectivity index (χ2v) is 6.74. The van der Waals surface area contributed by atoms with Crippen LogP contribution in [0.3, 0.4) is 0 Å². The zero-order chi connectivity index (χ0) is 15.7. The molecule has 1 aromatic carbocycles. The number of nitrogens with zero attached hydrogens (tertiary/aromatic N) is 1. The number of hydrogen-bond acceptors (Lipinski definition) is 4. The highest BCUT2D eigenvalue weighted by atomic mass is 16.5. The SMILES string of the molecule is CC(=O)Oc1cccc([C@]23CCN(C)C[C@H]2CCC(=O)C3)c1. The first-order valence-corrected chi connectivity index (χ1v) is 7.99. The van der Waals surface area contributed by atoms with Crippen molar-refractivity contribution in [2.45, 2.75) is 38.0 Å². The summed E-state index contributed by atoms with van der Waals surface area (Å²) in [4.78, 5) is 25.7. The quantitative estimate of drug-likeness (QED) is 0.622. The van der Waals surface area contributed by atoms with E-state index >= 15 is 0 Å². The minimum absolute atomic E-state index is 0.0853. The average Bonchev–Trinajstić information content (AvgIpc) is 2.47. The van der Waals surface area contributed by atoms with Crippen LogP contribution < -0.4 is 4.74 Å². The highest BCUT2D eigenvalue weighted by Gasteiger charge is 2.47. The van der Waals surface area contributed by atoms with E-state index in [-0.39, 0.29) is 11.4 Å². The molecule has 0 unspecified atom stereocenters. The van der Waals surface area contributed by atoms with Gasteiger partial charge in [0, 0.05) is 31.7 Å². The van der Waals surface area contributed by atoms with Crippen LogP contribution >= 0.6 is 0 Å². The Kier molecular flexibility index (Phi) is 4.04. The summed E-state index contributed by atoms with van der Waals surface area (Å²) in [6, 6.07) is 7.77. The van der Waals surface area contributed by atoms with Crippen LogP contribution in [0.2, 0.25) is 0 Å². The molecule has 0 aromatic heterocycles. The van der Waals surface area contributed by atoms with Crippen molar-refractivity contribution in [2.24, 2.45) is 5.92 Å². The molecule has 1 aliphatic carbocycles. The second kappa shape index (κ2) is 5.84. The van der Waals surface area contributed by atoms with Crippen LogP contribution in [0.15, 0.2) is 24.3 Å². The Morgan fingerprint density at radius 1 is 1.41 bits per heavy atom. The van der Waals surface area contributed by atoms with Crippen molar-refractivity contribution in [3.8, 4) is 5.75 Å². The Morgan fingerprint density at radius 3 is 3.00 bits per heavy atom. The first kappa shape index (κ1) is 15.2. The van der Waals surface area contributed by atoms with E-state index in [1.54, 1.807) is 6.07 Å². The van der Waals surface area contributed by atoms with Gasteiger partial charge in [-0.1, -0.05) is 12.1 Å². The lowest BCUT2D eigenvalue weighted by atomic mass is 9.59. The zero-order valence-corrected chi connectivity index (χ0v) is 13.3. The highest BCUT2D eigenvalue weighted by molar-refractivity contribution is 5.81. The van der Waals surface area contributed by atoms with Crippen molar-refractivity contribution in [3.63, 3.8) is 0 Å². The van der Waals surface area contributed by atoms with Gasteiger partial charge in [-0.15, -0.1) is 0 Å². The van der Waals surface area contributed by atoms with Gasteiger partial charge in [0.25, 0.3) is 0 Å². The molecule has 2 atom stereocenters. The minimum Gasteiger partial charge on any atom is -0.427 e. The minimum atomic E-state index is -0.311. The van der Waals surface area contributed by atoms with E-state index in [9.17, 15) is 9.59 Å². The summed E-state index contributed by atoms with van der Waals surface area (Å²) in [5.41, 5.74) is 1.07. The Hall–Kier alpha value is -1.68. The lowest BCUT2D eigenvalue weighted by Crippen LogP contribution is -2.52. The van der Waals surface area contributed by atoms with Crippen LogP contribution in [0.25, 0.3) is 0 Å². The molecule has 0 radical (unpaired) electrons. The third-order valence-electron chi connectivity index (χ3n) is 5.21. The Bertz CT molecular complexity index is 598. The summed E-state index contributed by atoms with van der Waals surface area (Å²) in [5.74, 6) is 1.12. The predicted octanol–water partition coefficient (Wildman–Crippen LogP) is 2.55. The Labute approximate surface area is 131 Å². The van der Waals surface area contributed by atoms with E-state index in [1.165, 1.54) is 6.92 Å². The Morgan fingerprint density at radius 2 is 2.23 bits per heavy atom. The number of piperidine rings is 1. The first-order chi connectivity index (χ1) is 10.5. The average molecular weight is 301 g/mol. The molecule has 1 saturated carbocycles. The van der Waals surface area contributed by atoms with Gasteiger partial charge in [0.15, 0.2) is 0 Å². The monoisotopic (exact) mass is 301 g/mol. The molecule has 3 rings (SSSR count). The van der Waals surface area contributed by atoms with Crippen molar-refractivity contribution in [2.75, 3.05) is 20.1 Å². The van der Waals surface area contributed by atoms with Crippen LogP contribution in [-0.2, 0) is 15.0 Å². The number of esters is 1. The fourth-order valence-corrected chi connectivity index (χ4v) is 4.13. The molecular formula is C18H23NO3. The molecule has 0 spiro atoms. The number of carbonyl (C=O) groups excluding carboxylic acids is 2. The largest absolute Gasteiger partial charge is 0.427 e. The molecule has 118 valence electrons. The number of hydrogen-bond donors (Lipinski definition) is 0. The molecule has 4 heteroatoms. The van der Waals surface area contributed by atoms with Gasteiger partial charge < -0.3 is 9.64 Å². The molecule has 1 aliphatic heterocycles. The zero-order valence-electron chi connectivity index (χ0n) is 13.3. The Balaban J connectivity index is 1.98. The van der Waals surface area contributed by atoms with Gasteiger partial charge in [0.1, 0.15) is 11.5 Å². The lowest BCUT2D eigenvalue weighted by Gasteiger charge is -2.50. The highest BCUT2D eigenvalue weighted by Crippen LogP contribution is 2.48. The predicted molar refractivity (Wildman–Crippen MR) is 83.9 cm³/mol. The van der Waals surface area contributed by atoms with Crippen molar-refractivity contribution in [1.29, 1.82) is 0 Å². The first-order valence-electron chi connectivity index (χ1n) is 7.99. The van der Waals surface area contributed by atoms with Gasteiger partial charge in [-0.2, -0.15) is 0 Å². The maximum Gasteiger partial charge on any atom is 0.308 e. The molecule has 2 fully saturated rings. The molecular weight excluding hydrogens is 278 g/mol. The summed E-state index contributed by atoms with van der Waals surface area (Å²) >= 11 is 0. The maximum atomic E-state index is 12.1. The number of fused-ring (bicyclic) bond motifs is 1. The molecule has 22 heavy (non-hydrogen) atoms. The fraction of sp³-hybridized carbons (Fsp3) is 0.556. The summed E-state index contributed by atoms with van der Waals surface area (Å²) in [6.45, 7) is 3.44. The van der Waals surface area contributed by atoms with E-state index in [0.29, 0.717) is 30.3 Å².